The lowest BCUT2D eigenvalue weighted by Crippen LogP contribution is -2.15. The molecular weight excluding hydrogens is 289 g/mol. The van der Waals surface area contributed by atoms with E-state index in [-0.39, 0.29) is 5.82 Å². The van der Waals surface area contributed by atoms with Crippen molar-refractivity contribution in [3.05, 3.63) is 52.8 Å². The van der Waals surface area contributed by atoms with Crippen LogP contribution in [0, 0.1) is 5.82 Å². The van der Waals surface area contributed by atoms with Gasteiger partial charge in [0.05, 0.1) is 7.11 Å². The van der Waals surface area contributed by atoms with E-state index in [1.54, 1.807) is 25.3 Å². The normalized spacial score (nSPS) is 14.2. The molecule has 0 radical (unpaired) electrons. The second-order valence-electron chi connectivity index (χ2n) is 5.31. The van der Waals surface area contributed by atoms with Gasteiger partial charge in [0.25, 0.3) is 0 Å². The van der Waals surface area contributed by atoms with E-state index in [1.165, 1.54) is 18.9 Å². The van der Waals surface area contributed by atoms with Crippen LogP contribution in [-0.4, -0.2) is 13.2 Å². The standard InChI is InChI=1S/C17H17ClFNO/c1-21-17-7-3-12(18)9-15(17)14-8-11(2-6-16(14)19)10-20-13-4-5-13/h2-3,6-9,13,20H,4-5,10H2,1H3. The molecule has 4 heteroatoms. The smallest absolute Gasteiger partial charge is 0.131 e. The van der Waals surface area contributed by atoms with Gasteiger partial charge in [-0.2, -0.15) is 0 Å². The molecule has 1 saturated carbocycles. The van der Waals surface area contributed by atoms with Gasteiger partial charge in [0.2, 0.25) is 0 Å². The molecular formula is C17H17ClFNO. The summed E-state index contributed by atoms with van der Waals surface area (Å²) in [7, 11) is 1.57. The molecule has 0 amide bonds. The fourth-order valence-corrected chi connectivity index (χ4v) is 2.50. The Bertz CT molecular complexity index is 655. The molecule has 1 N–H and O–H groups in total. The summed E-state index contributed by atoms with van der Waals surface area (Å²) in [6, 6.07) is 11.0. The molecule has 0 aromatic heterocycles. The van der Waals surface area contributed by atoms with Crippen molar-refractivity contribution in [2.45, 2.75) is 25.4 Å². The zero-order chi connectivity index (χ0) is 14.8. The Labute approximate surface area is 128 Å². The summed E-state index contributed by atoms with van der Waals surface area (Å²) in [5, 5.41) is 3.99. The quantitative estimate of drug-likeness (QED) is 0.883. The molecule has 1 fully saturated rings. The van der Waals surface area contributed by atoms with Gasteiger partial charge in [-0.25, -0.2) is 4.39 Å². The van der Waals surface area contributed by atoms with Crippen LogP contribution in [0.25, 0.3) is 11.1 Å². The lowest BCUT2D eigenvalue weighted by molar-refractivity contribution is 0.416. The third-order valence-electron chi connectivity index (χ3n) is 3.65. The van der Waals surface area contributed by atoms with Gasteiger partial charge in [0.15, 0.2) is 0 Å². The van der Waals surface area contributed by atoms with Crippen LogP contribution in [0.4, 0.5) is 4.39 Å². The van der Waals surface area contributed by atoms with Crippen molar-refractivity contribution in [1.82, 2.24) is 5.32 Å². The number of hydrogen-bond acceptors (Lipinski definition) is 2. The van der Waals surface area contributed by atoms with Crippen LogP contribution in [0.5, 0.6) is 5.75 Å². The molecule has 21 heavy (non-hydrogen) atoms. The van der Waals surface area contributed by atoms with Crippen molar-refractivity contribution in [2.24, 2.45) is 0 Å². The molecule has 110 valence electrons. The Morgan fingerprint density at radius 3 is 2.71 bits per heavy atom. The van der Waals surface area contributed by atoms with E-state index in [1.807, 2.05) is 12.1 Å². The van der Waals surface area contributed by atoms with Crippen LogP contribution in [0.3, 0.4) is 0 Å². The summed E-state index contributed by atoms with van der Waals surface area (Å²) >= 11 is 6.04. The Morgan fingerprint density at radius 1 is 1.19 bits per heavy atom. The molecule has 0 heterocycles. The van der Waals surface area contributed by atoms with Gasteiger partial charge in [-0.15, -0.1) is 0 Å². The molecule has 1 aliphatic rings. The number of rotatable bonds is 5. The molecule has 1 aliphatic carbocycles. The van der Waals surface area contributed by atoms with Crippen molar-refractivity contribution in [3.63, 3.8) is 0 Å². The topological polar surface area (TPSA) is 21.3 Å². The van der Waals surface area contributed by atoms with Crippen molar-refractivity contribution in [2.75, 3.05) is 7.11 Å². The highest BCUT2D eigenvalue weighted by atomic mass is 35.5. The average Bonchev–Trinajstić information content (AvgIpc) is 3.30. The number of nitrogens with one attached hydrogen (secondary N) is 1. The number of benzene rings is 2. The van der Waals surface area contributed by atoms with Gasteiger partial charge < -0.3 is 10.1 Å². The Hall–Kier alpha value is -1.58. The van der Waals surface area contributed by atoms with Gasteiger partial charge in [-0.3, -0.25) is 0 Å². The van der Waals surface area contributed by atoms with Gasteiger partial charge >= 0.3 is 0 Å². The van der Waals surface area contributed by atoms with Gasteiger partial charge in [0, 0.05) is 28.7 Å². The van der Waals surface area contributed by atoms with Crippen LogP contribution < -0.4 is 10.1 Å². The molecule has 0 unspecified atom stereocenters. The van der Waals surface area contributed by atoms with Crippen molar-refractivity contribution in [1.29, 1.82) is 0 Å². The minimum absolute atomic E-state index is 0.272. The molecule has 0 atom stereocenters. The maximum atomic E-state index is 14.2. The number of ether oxygens (including phenoxy) is 1. The Morgan fingerprint density at radius 2 is 2.00 bits per heavy atom. The van der Waals surface area contributed by atoms with E-state index in [9.17, 15) is 4.39 Å². The second kappa shape index (κ2) is 6.04. The lowest BCUT2D eigenvalue weighted by atomic mass is 10.0. The third kappa shape index (κ3) is 3.36. The fourth-order valence-electron chi connectivity index (χ4n) is 2.33. The minimum Gasteiger partial charge on any atom is -0.496 e. The predicted octanol–water partition coefficient (Wildman–Crippen LogP) is 4.41. The van der Waals surface area contributed by atoms with Crippen molar-refractivity contribution >= 4 is 11.6 Å². The number of hydrogen-bond donors (Lipinski definition) is 1. The monoisotopic (exact) mass is 305 g/mol. The van der Waals surface area contributed by atoms with Crippen LogP contribution in [-0.2, 0) is 6.54 Å². The summed E-state index contributed by atoms with van der Waals surface area (Å²) < 4.78 is 19.5. The zero-order valence-electron chi connectivity index (χ0n) is 11.8. The third-order valence-corrected chi connectivity index (χ3v) is 3.89. The summed E-state index contributed by atoms with van der Waals surface area (Å²) in [6.07, 6.45) is 2.46. The second-order valence-corrected chi connectivity index (χ2v) is 5.75. The minimum atomic E-state index is -0.272. The van der Waals surface area contributed by atoms with Gasteiger partial charge in [-0.1, -0.05) is 17.7 Å². The lowest BCUT2D eigenvalue weighted by Gasteiger charge is -2.12. The first-order valence-electron chi connectivity index (χ1n) is 7.03. The Kier molecular flexibility index (Phi) is 4.13. The molecule has 0 spiro atoms. The Balaban J connectivity index is 1.95. The summed E-state index contributed by atoms with van der Waals surface area (Å²) in [4.78, 5) is 0. The van der Waals surface area contributed by atoms with E-state index >= 15 is 0 Å². The van der Waals surface area contributed by atoms with Crippen LogP contribution in [0.15, 0.2) is 36.4 Å². The van der Waals surface area contributed by atoms with E-state index in [0.717, 1.165) is 12.1 Å². The first-order chi connectivity index (χ1) is 10.2. The fraction of sp³-hybridized carbons (Fsp3) is 0.294. The first-order valence-corrected chi connectivity index (χ1v) is 7.41. The summed E-state index contributed by atoms with van der Waals surface area (Å²) in [5.41, 5.74) is 2.25. The summed E-state index contributed by atoms with van der Waals surface area (Å²) in [6.45, 7) is 0.751. The maximum absolute atomic E-state index is 14.2. The molecule has 0 bridgehead atoms. The van der Waals surface area contributed by atoms with Crippen molar-refractivity contribution in [3.8, 4) is 16.9 Å². The van der Waals surface area contributed by atoms with E-state index < -0.39 is 0 Å². The molecule has 0 saturated heterocycles. The summed E-state index contributed by atoms with van der Waals surface area (Å²) in [5.74, 6) is 0.344. The zero-order valence-corrected chi connectivity index (χ0v) is 12.6. The highest BCUT2D eigenvalue weighted by molar-refractivity contribution is 6.31. The van der Waals surface area contributed by atoms with Crippen LogP contribution in [0.2, 0.25) is 5.02 Å². The number of methoxy groups -OCH3 is 1. The molecule has 0 aliphatic heterocycles. The number of halogens is 2. The average molecular weight is 306 g/mol. The molecule has 3 rings (SSSR count). The predicted molar refractivity (Wildman–Crippen MR) is 83.3 cm³/mol. The van der Waals surface area contributed by atoms with Crippen LogP contribution >= 0.6 is 11.6 Å². The SMILES string of the molecule is COc1ccc(Cl)cc1-c1cc(CNC2CC2)ccc1F. The molecule has 2 aromatic rings. The molecule has 2 aromatic carbocycles. The maximum Gasteiger partial charge on any atom is 0.131 e. The van der Waals surface area contributed by atoms with E-state index in [4.69, 9.17) is 16.3 Å². The van der Waals surface area contributed by atoms with Gasteiger partial charge in [0.1, 0.15) is 11.6 Å². The van der Waals surface area contributed by atoms with Crippen molar-refractivity contribution < 1.29 is 9.13 Å². The highest BCUT2D eigenvalue weighted by Gasteiger charge is 2.20. The van der Waals surface area contributed by atoms with E-state index in [0.29, 0.717) is 27.9 Å². The van der Waals surface area contributed by atoms with Gasteiger partial charge in [-0.05, 0) is 48.7 Å². The molecule has 2 nitrogen and oxygen atoms in total. The largest absolute Gasteiger partial charge is 0.496 e. The van der Waals surface area contributed by atoms with E-state index in [2.05, 4.69) is 5.32 Å². The van der Waals surface area contributed by atoms with Crippen LogP contribution in [0.1, 0.15) is 18.4 Å². The highest BCUT2D eigenvalue weighted by Crippen LogP contribution is 2.34. The first kappa shape index (κ1) is 14.4.